The average Bonchev–Trinajstić information content (AvgIpc) is 3.13. The highest BCUT2D eigenvalue weighted by Gasteiger charge is 2.34. The molecule has 1 fully saturated rings. The van der Waals surface area contributed by atoms with Crippen LogP contribution in [0.1, 0.15) is 32.7 Å². The Morgan fingerprint density at radius 2 is 2.15 bits per heavy atom. The van der Waals surface area contributed by atoms with E-state index in [9.17, 15) is 13.2 Å². The molecule has 1 aliphatic heterocycles. The normalized spacial score (nSPS) is 18.6. The summed E-state index contributed by atoms with van der Waals surface area (Å²) in [6.07, 6.45) is 4.32. The molecule has 9 heteroatoms. The first-order chi connectivity index (χ1) is 12.8. The number of piperidine rings is 1. The van der Waals surface area contributed by atoms with Gasteiger partial charge in [0.05, 0.1) is 12.2 Å². The first kappa shape index (κ1) is 19.9. The minimum absolute atomic E-state index is 0.0205. The highest BCUT2D eigenvalue weighted by atomic mass is 35.5. The lowest BCUT2D eigenvalue weighted by molar-refractivity contribution is -0.120. The number of amides is 1. The SMILES string of the molecule is CC(C)n1cnc(S(=O)(=O)N2CCC[C@H](C(=O)Nc3cccc(Cl)c3)C2)c1. The number of benzene rings is 1. The van der Waals surface area contributed by atoms with Gasteiger partial charge in [-0.2, -0.15) is 4.31 Å². The minimum Gasteiger partial charge on any atom is -0.334 e. The Labute approximate surface area is 164 Å². The van der Waals surface area contributed by atoms with Crippen LogP contribution >= 0.6 is 11.6 Å². The van der Waals surface area contributed by atoms with E-state index in [4.69, 9.17) is 11.6 Å². The van der Waals surface area contributed by atoms with E-state index in [1.165, 1.54) is 16.8 Å². The monoisotopic (exact) mass is 410 g/mol. The molecule has 3 rings (SSSR count). The molecule has 0 bridgehead atoms. The fourth-order valence-corrected chi connectivity index (χ4v) is 4.69. The molecule has 146 valence electrons. The third-order valence-electron chi connectivity index (χ3n) is 4.63. The molecular formula is C18H23ClN4O3S. The zero-order valence-electron chi connectivity index (χ0n) is 15.3. The molecule has 0 saturated carbocycles. The van der Waals surface area contributed by atoms with Gasteiger partial charge in [0.1, 0.15) is 0 Å². The number of anilines is 1. The molecule has 0 spiro atoms. The summed E-state index contributed by atoms with van der Waals surface area (Å²) in [5.41, 5.74) is 0.600. The van der Waals surface area contributed by atoms with Crippen molar-refractivity contribution in [3.8, 4) is 0 Å². The van der Waals surface area contributed by atoms with Gasteiger partial charge in [-0.1, -0.05) is 17.7 Å². The van der Waals surface area contributed by atoms with E-state index >= 15 is 0 Å². The standard InChI is InChI=1S/C18H23ClN4O3S/c1-13(2)22-11-17(20-12-22)27(25,26)23-8-4-5-14(10-23)18(24)21-16-7-3-6-15(19)9-16/h3,6-7,9,11-14H,4-5,8,10H2,1-2H3,(H,21,24)/t14-/m0/s1. The number of hydrogen-bond donors (Lipinski definition) is 1. The number of sulfonamides is 1. The number of imidazole rings is 1. The van der Waals surface area contributed by atoms with E-state index < -0.39 is 15.9 Å². The maximum absolute atomic E-state index is 12.9. The third-order valence-corrected chi connectivity index (χ3v) is 6.61. The van der Waals surface area contributed by atoms with Crippen molar-refractivity contribution in [3.05, 3.63) is 41.8 Å². The molecule has 1 saturated heterocycles. The van der Waals surface area contributed by atoms with Crippen LogP contribution in [0.25, 0.3) is 0 Å². The number of rotatable bonds is 5. The number of aromatic nitrogens is 2. The predicted molar refractivity (Wildman–Crippen MR) is 104 cm³/mol. The number of nitrogens with zero attached hydrogens (tertiary/aromatic N) is 3. The Morgan fingerprint density at radius 3 is 2.81 bits per heavy atom. The summed E-state index contributed by atoms with van der Waals surface area (Å²) in [6, 6.07) is 7.01. The highest BCUT2D eigenvalue weighted by molar-refractivity contribution is 7.89. The first-order valence-electron chi connectivity index (χ1n) is 8.87. The molecule has 1 N–H and O–H groups in total. The summed E-state index contributed by atoms with van der Waals surface area (Å²) in [6.45, 7) is 4.44. The second kappa shape index (κ2) is 8.00. The number of nitrogens with one attached hydrogen (secondary N) is 1. The lowest BCUT2D eigenvalue weighted by Crippen LogP contribution is -2.43. The van der Waals surface area contributed by atoms with E-state index in [-0.39, 0.29) is 23.5 Å². The molecule has 1 atom stereocenters. The Morgan fingerprint density at radius 1 is 1.37 bits per heavy atom. The van der Waals surface area contributed by atoms with Crippen LogP contribution < -0.4 is 5.32 Å². The number of carbonyl (C=O) groups excluding carboxylic acids is 1. The smallest absolute Gasteiger partial charge is 0.262 e. The Hall–Kier alpha value is -1.90. The van der Waals surface area contributed by atoms with Gasteiger partial charge in [0, 0.05) is 36.0 Å². The van der Waals surface area contributed by atoms with E-state index in [1.807, 2.05) is 13.8 Å². The zero-order valence-corrected chi connectivity index (χ0v) is 16.9. The predicted octanol–water partition coefficient (Wildman–Crippen LogP) is 3.16. The van der Waals surface area contributed by atoms with Crippen LogP contribution in [0.4, 0.5) is 5.69 Å². The van der Waals surface area contributed by atoms with E-state index in [1.54, 1.807) is 28.8 Å². The fourth-order valence-electron chi connectivity index (χ4n) is 3.05. The van der Waals surface area contributed by atoms with Crippen LogP contribution in [0.2, 0.25) is 5.02 Å². The molecular weight excluding hydrogens is 388 g/mol. The molecule has 0 radical (unpaired) electrons. The van der Waals surface area contributed by atoms with Crippen LogP contribution in [0.3, 0.4) is 0 Å². The van der Waals surface area contributed by atoms with Gasteiger partial charge >= 0.3 is 0 Å². The van der Waals surface area contributed by atoms with Crippen LogP contribution in [-0.4, -0.2) is 41.3 Å². The highest BCUT2D eigenvalue weighted by Crippen LogP contribution is 2.25. The number of halogens is 1. The van der Waals surface area contributed by atoms with Crippen molar-refractivity contribution in [2.24, 2.45) is 5.92 Å². The maximum Gasteiger partial charge on any atom is 0.262 e. The van der Waals surface area contributed by atoms with Crippen molar-refractivity contribution in [2.75, 3.05) is 18.4 Å². The molecule has 7 nitrogen and oxygen atoms in total. The van der Waals surface area contributed by atoms with E-state index in [0.29, 0.717) is 30.1 Å². The molecule has 1 aromatic carbocycles. The largest absolute Gasteiger partial charge is 0.334 e. The van der Waals surface area contributed by atoms with Crippen LogP contribution in [0.5, 0.6) is 0 Å². The van der Waals surface area contributed by atoms with Crippen molar-refractivity contribution < 1.29 is 13.2 Å². The molecule has 1 aromatic heterocycles. The van der Waals surface area contributed by atoms with Gasteiger partial charge in [0.2, 0.25) is 5.91 Å². The molecule has 0 unspecified atom stereocenters. The summed E-state index contributed by atoms with van der Waals surface area (Å²) in [4.78, 5) is 16.6. The summed E-state index contributed by atoms with van der Waals surface area (Å²) >= 11 is 5.94. The maximum atomic E-state index is 12.9. The minimum atomic E-state index is -3.72. The summed E-state index contributed by atoms with van der Waals surface area (Å²) < 4.78 is 28.9. The third kappa shape index (κ3) is 4.51. The van der Waals surface area contributed by atoms with Gasteiger partial charge in [-0.25, -0.2) is 13.4 Å². The van der Waals surface area contributed by atoms with Gasteiger partial charge in [-0.05, 0) is 44.9 Å². The van der Waals surface area contributed by atoms with E-state index in [2.05, 4.69) is 10.3 Å². The van der Waals surface area contributed by atoms with Crippen molar-refractivity contribution in [2.45, 2.75) is 37.8 Å². The van der Waals surface area contributed by atoms with Gasteiger partial charge in [-0.3, -0.25) is 4.79 Å². The molecule has 1 aliphatic rings. The van der Waals surface area contributed by atoms with Gasteiger partial charge in [0.15, 0.2) is 5.03 Å². The number of carbonyl (C=O) groups is 1. The van der Waals surface area contributed by atoms with Crippen LogP contribution in [0, 0.1) is 5.92 Å². The topological polar surface area (TPSA) is 84.3 Å². The lowest BCUT2D eigenvalue weighted by atomic mass is 9.99. The van der Waals surface area contributed by atoms with Crippen LogP contribution in [-0.2, 0) is 14.8 Å². The molecule has 1 amide bonds. The van der Waals surface area contributed by atoms with Gasteiger partial charge < -0.3 is 9.88 Å². The van der Waals surface area contributed by atoms with Gasteiger partial charge in [0.25, 0.3) is 10.0 Å². The van der Waals surface area contributed by atoms with Crippen molar-refractivity contribution in [1.82, 2.24) is 13.9 Å². The number of hydrogen-bond acceptors (Lipinski definition) is 4. The quantitative estimate of drug-likeness (QED) is 0.820. The lowest BCUT2D eigenvalue weighted by Gasteiger charge is -2.30. The Kier molecular flexibility index (Phi) is 5.88. The second-order valence-electron chi connectivity index (χ2n) is 6.95. The summed E-state index contributed by atoms with van der Waals surface area (Å²) in [7, 11) is -3.72. The summed E-state index contributed by atoms with van der Waals surface area (Å²) in [5, 5.41) is 3.37. The summed E-state index contributed by atoms with van der Waals surface area (Å²) in [5.74, 6) is -0.621. The fraction of sp³-hybridized carbons (Fsp3) is 0.444. The average molecular weight is 411 g/mol. The molecule has 2 heterocycles. The van der Waals surface area contributed by atoms with Crippen LogP contribution in [0.15, 0.2) is 41.8 Å². The molecule has 27 heavy (non-hydrogen) atoms. The van der Waals surface area contributed by atoms with Crippen molar-refractivity contribution in [1.29, 1.82) is 0 Å². The molecule has 0 aliphatic carbocycles. The first-order valence-corrected chi connectivity index (χ1v) is 10.7. The van der Waals surface area contributed by atoms with Gasteiger partial charge in [-0.15, -0.1) is 0 Å². The zero-order chi connectivity index (χ0) is 19.6. The van der Waals surface area contributed by atoms with Crippen molar-refractivity contribution >= 4 is 33.2 Å². The second-order valence-corrected chi connectivity index (χ2v) is 9.28. The molecule has 2 aromatic rings. The Bertz CT molecular complexity index is 926. The van der Waals surface area contributed by atoms with E-state index in [0.717, 1.165) is 0 Å². The Balaban J connectivity index is 1.71. The van der Waals surface area contributed by atoms with Crippen molar-refractivity contribution in [3.63, 3.8) is 0 Å².